The smallest absolute Gasteiger partial charge is 0.248 e. The summed E-state index contributed by atoms with van der Waals surface area (Å²) in [5, 5.41) is 2.68. The van der Waals surface area contributed by atoms with Crippen molar-refractivity contribution >= 4 is 11.8 Å². The summed E-state index contributed by atoms with van der Waals surface area (Å²) in [6.45, 7) is 2.04. The van der Waals surface area contributed by atoms with Crippen molar-refractivity contribution in [1.29, 1.82) is 0 Å². The molecule has 1 atom stereocenters. The molecule has 148 valence electrons. The van der Waals surface area contributed by atoms with Crippen LogP contribution in [0.2, 0.25) is 0 Å². The maximum atomic E-state index is 13.4. The van der Waals surface area contributed by atoms with Crippen LogP contribution in [0.4, 0.5) is 8.78 Å². The molecule has 3 rings (SSSR count). The Morgan fingerprint density at radius 1 is 1.15 bits per heavy atom. The van der Waals surface area contributed by atoms with Crippen LogP contribution in [0.1, 0.15) is 31.2 Å². The van der Waals surface area contributed by atoms with Gasteiger partial charge in [-0.1, -0.05) is 30.3 Å². The van der Waals surface area contributed by atoms with Crippen molar-refractivity contribution < 1.29 is 18.4 Å². The Balaban J connectivity index is 1.65. The van der Waals surface area contributed by atoms with Gasteiger partial charge in [0.15, 0.2) is 0 Å². The summed E-state index contributed by atoms with van der Waals surface area (Å²) in [6, 6.07) is 9.47. The van der Waals surface area contributed by atoms with E-state index in [1.165, 1.54) is 0 Å². The second kappa shape index (κ2) is 8.33. The minimum atomic E-state index is -2.64. The van der Waals surface area contributed by atoms with Gasteiger partial charge < -0.3 is 10.2 Å². The highest BCUT2D eigenvalue weighted by molar-refractivity contribution is 5.84. The van der Waals surface area contributed by atoms with Crippen LogP contribution in [0.5, 0.6) is 0 Å². The molecule has 0 spiro atoms. The van der Waals surface area contributed by atoms with E-state index in [9.17, 15) is 18.4 Å². The molecule has 2 amide bonds. The van der Waals surface area contributed by atoms with Crippen LogP contribution in [0, 0.1) is 5.92 Å². The van der Waals surface area contributed by atoms with E-state index < -0.39 is 12.0 Å². The van der Waals surface area contributed by atoms with Crippen molar-refractivity contribution in [3.8, 4) is 0 Å². The number of nitrogens with zero attached hydrogens (tertiary/aromatic N) is 2. The van der Waals surface area contributed by atoms with Gasteiger partial charge in [-0.2, -0.15) is 0 Å². The predicted octanol–water partition coefficient (Wildman–Crippen LogP) is 2.27. The number of likely N-dealkylation sites (N-methyl/N-ethyl adjacent to an activating group) is 1. The summed E-state index contributed by atoms with van der Waals surface area (Å²) >= 11 is 0. The van der Waals surface area contributed by atoms with Crippen LogP contribution >= 0.6 is 0 Å². The molecule has 0 bridgehead atoms. The highest BCUT2D eigenvalue weighted by atomic mass is 19.3. The van der Waals surface area contributed by atoms with Crippen LogP contribution in [0.25, 0.3) is 0 Å². The van der Waals surface area contributed by atoms with E-state index in [0.29, 0.717) is 26.2 Å². The van der Waals surface area contributed by atoms with Crippen LogP contribution in [-0.4, -0.2) is 60.3 Å². The number of carbonyl (C=O) groups is 2. The molecule has 0 aromatic heterocycles. The maximum Gasteiger partial charge on any atom is 0.248 e. The first-order valence-corrected chi connectivity index (χ1v) is 9.56. The third-order valence-corrected chi connectivity index (χ3v) is 5.65. The van der Waals surface area contributed by atoms with Crippen molar-refractivity contribution in [2.45, 2.75) is 44.2 Å². The summed E-state index contributed by atoms with van der Waals surface area (Å²) in [7, 11) is 1.59. The van der Waals surface area contributed by atoms with E-state index >= 15 is 0 Å². The Hall–Kier alpha value is -2.02. The molecule has 1 aliphatic carbocycles. The van der Waals surface area contributed by atoms with Crippen LogP contribution in [0.15, 0.2) is 30.3 Å². The minimum absolute atomic E-state index is 0.0845. The summed E-state index contributed by atoms with van der Waals surface area (Å²) in [5.41, 5.74) is 1.11. The number of carbonyl (C=O) groups excluding carboxylic acids is 2. The molecule has 27 heavy (non-hydrogen) atoms. The molecular formula is C20H27F2N3O2. The number of halogens is 2. The number of hydrogen-bond donors (Lipinski definition) is 1. The lowest BCUT2D eigenvalue weighted by Crippen LogP contribution is -2.60. The topological polar surface area (TPSA) is 52.7 Å². The van der Waals surface area contributed by atoms with Gasteiger partial charge in [-0.25, -0.2) is 8.78 Å². The highest BCUT2D eigenvalue weighted by Crippen LogP contribution is 2.37. The molecule has 5 nitrogen and oxygen atoms in total. The number of amides is 2. The second-order valence-corrected chi connectivity index (χ2v) is 7.50. The molecule has 1 N–H and O–H groups in total. The fourth-order valence-corrected chi connectivity index (χ4v) is 3.99. The molecule has 1 heterocycles. The summed E-state index contributed by atoms with van der Waals surface area (Å²) in [4.78, 5) is 29.0. The van der Waals surface area contributed by atoms with E-state index in [0.717, 1.165) is 5.56 Å². The number of hydrogen-bond acceptors (Lipinski definition) is 3. The van der Waals surface area contributed by atoms with E-state index in [1.807, 2.05) is 30.3 Å². The predicted molar refractivity (Wildman–Crippen MR) is 98.2 cm³/mol. The van der Waals surface area contributed by atoms with Crippen LogP contribution in [0.3, 0.4) is 0 Å². The van der Waals surface area contributed by atoms with Gasteiger partial charge in [0.2, 0.25) is 17.7 Å². The van der Waals surface area contributed by atoms with E-state index in [4.69, 9.17) is 0 Å². The molecule has 1 aliphatic heterocycles. The summed E-state index contributed by atoms with van der Waals surface area (Å²) < 4.78 is 26.7. The van der Waals surface area contributed by atoms with Crippen molar-refractivity contribution in [3.05, 3.63) is 35.9 Å². The zero-order chi connectivity index (χ0) is 19.4. The molecule has 1 unspecified atom stereocenters. The maximum absolute atomic E-state index is 13.4. The largest absolute Gasteiger partial charge is 0.358 e. The zero-order valence-electron chi connectivity index (χ0n) is 15.7. The van der Waals surface area contributed by atoms with Gasteiger partial charge in [0.05, 0.1) is 0 Å². The molecule has 1 aromatic rings. The van der Waals surface area contributed by atoms with E-state index in [-0.39, 0.29) is 43.4 Å². The molecule has 0 radical (unpaired) electrons. The Labute approximate surface area is 158 Å². The number of rotatable bonds is 4. The minimum Gasteiger partial charge on any atom is -0.358 e. The lowest BCUT2D eigenvalue weighted by molar-refractivity contribution is -0.144. The van der Waals surface area contributed by atoms with Gasteiger partial charge in [0.25, 0.3) is 0 Å². The highest BCUT2D eigenvalue weighted by Gasteiger charge is 2.41. The van der Waals surface area contributed by atoms with Crippen molar-refractivity contribution in [2.75, 3.05) is 26.7 Å². The van der Waals surface area contributed by atoms with E-state index in [1.54, 1.807) is 11.9 Å². The fourth-order valence-electron chi connectivity index (χ4n) is 3.99. The quantitative estimate of drug-likeness (QED) is 0.873. The second-order valence-electron chi connectivity index (χ2n) is 7.50. The van der Waals surface area contributed by atoms with Crippen LogP contribution < -0.4 is 5.32 Å². The Bertz CT molecular complexity index is 658. The van der Waals surface area contributed by atoms with Gasteiger partial charge in [-0.3, -0.25) is 14.5 Å². The number of piperazine rings is 1. The van der Waals surface area contributed by atoms with Gasteiger partial charge in [-0.05, 0) is 18.4 Å². The molecule has 7 heteroatoms. The van der Waals surface area contributed by atoms with Crippen molar-refractivity contribution in [3.63, 3.8) is 0 Å². The normalized spacial score (nSPS) is 23.8. The number of nitrogens with one attached hydrogen (secondary N) is 1. The van der Waals surface area contributed by atoms with Gasteiger partial charge in [0, 0.05) is 52.0 Å². The van der Waals surface area contributed by atoms with E-state index in [2.05, 4.69) is 10.2 Å². The lowest BCUT2D eigenvalue weighted by atomic mass is 9.85. The molecule has 1 saturated heterocycles. The number of benzene rings is 1. The van der Waals surface area contributed by atoms with Crippen LogP contribution in [-0.2, 0) is 16.1 Å². The molecule has 1 aromatic carbocycles. The SMILES string of the molecule is CNC(=O)C1CN(C(=O)C2CCC(F)(F)CC2)CCN1Cc1ccccc1. The fraction of sp³-hybridized carbons (Fsp3) is 0.600. The lowest BCUT2D eigenvalue weighted by Gasteiger charge is -2.42. The van der Waals surface area contributed by atoms with Gasteiger partial charge in [-0.15, -0.1) is 0 Å². The first-order chi connectivity index (χ1) is 12.9. The summed E-state index contributed by atoms with van der Waals surface area (Å²) in [5.74, 6) is -3.21. The average Bonchev–Trinajstić information content (AvgIpc) is 2.68. The molecule has 2 fully saturated rings. The Kier molecular flexibility index (Phi) is 6.09. The standard InChI is InChI=1S/C20H27F2N3O2/c1-23-18(26)17-14-25(19(27)16-7-9-20(21,22)10-8-16)12-11-24(17)13-15-5-3-2-4-6-15/h2-6,16-17H,7-14H2,1H3,(H,23,26). The third kappa shape index (κ3) is 4.83. The van der Waals surface area contributed by atoms with Gasteiger partial charge >= 0.3 is 0 Å². The zero-order valence-corrected chi connectivity index (χ0v) is 15.7. The van der Waals surface area contributed by atoms with Crippen molar-refractivity contribution in [2.24, 2.45) is 5.92 Å². The van der Waals surface area contributed by atoms with Crippen molar-refractivity contribution in [1.82, 2.24) is 15.1 Å². The Morgan fingerprint density at radius 3 is 2.44 bits per heavy atom. The molecular weight excluding hydrogens is 352 g/mol. The number of alkyl halides is 2. The Morgan fingerprint density at radius 2 is 1.81 bits per heavy atom. The first kappa shape index (κ1) is 19.7. The molecule has 2 aliphatic rings. The van der Waals surface area contributed by atoms with Gasteiger partial charge in [0.1, 0.15) is 6.04 Å². The first-order valence-electron chi connectivity index (χ1n) is 9.56. The monoisotopic (exact) mass is 379 g/mol. The molecule has 1 saturated carbocycles. The third-order valence-electron chi connectivity index (χ3n) is 5.65. The summed E-state index contributed by atoms with van der Waals surface area (Å²) in [6.07, 6.45) is -0.00604. The average molecular weight is 379 g/mol.